The lowest BCUT2D eigenvalue weighted by atomic mass is 10.5. The van der Waals surface area contributed by atoms with Crippen molar-refractivity contribution in [1.82, 2.24) is 29.7 Å². The number of hydrogen-bond acceptors (Lipinski definition) is 8. The Hall–Kier alpha value is -2.29. The van der Waals surface area contributed by atoms with Crippen LogP contribution in [0.4, 0.5) is 5.95 Å². The topological polar surface area (TPSA) is 99.9 Å². The lowest BCUT2D eigenvalue weighted by Gasteiger charge is -2.09. The second-order valence-electron chi connectivity index (χ2n) is 4.10. The summed E-state index contributed by atoms with van der Waals surface area (Å²) >= 11 is 0. The van der Waals surface area contributed by atoms with Crippen LogP contribution >= 0.6 is 0 Å². The van der Waals surface area contributed by atoms with Crippen LogP contribution in [0.5, 0.6) is 6.01 Å². The number of aromatic nitrogens is 6. The molecule has 20 heavy (non-hydrogen) atoms. The molecule has 0 aromatic carbocycles. The molecule has 0 aliphatic carbocycles. The van der Waals surface area contributed by atoms with Crippen molar-refractivity contribution in [2.45, 2.75) is 20.0 Å². The minimum Gasteiger partial charge on any atom is -0.461 e. The zero-order valence-corrected chi connectivity index (χ0v) is 11.6. The van der Waals surface area contributed by atoms with E-state index in [4.69, 9.17) is 9.47 Å². The highest BCUT2D eigenvalue weighted by atomic mass is 16.5. The van der Waals surface area contributed by atoms with E-state index in [-0.39, 0.29) is 12.1 Å². The van der Waals surface area contributed by atoms with Gasteiger partial charge in [0.05, 0.1) is 12.7 Å². The molecule has 0 amide bonds. The molecule has 9 heteroatoms. The van der Waals surface area contributed by atoms with Crippen LogP contribution in [0, 0.1) is 0 Å². The fourth-order valence-corrected chi connectivity index (χ4v) is 1.35. The SMILES string of the molecule is CNc1nc(OCCOC(C)C)nc(-n2cncn2)n1. The number of nitrogens with zero attached hydrogens (tertiary/aromatic N) is 6. The first-order valence-corrected chi connectivity index (χ1v) is 6.22. The maximum absolute atomic E-state index is 5.45. The third-order valence-corrected chi connectivity index (χ3v) is 2.22. The summed E-state index contributed by atoms with van der Waals surface area (Å²) in [5, 5.41) is 6.81. The quantitative estimate of drug-likeness (QED) is 0.722. The summed E-state index contributed by atoms with van der Waals surface area (Å²) in [4.78, 5) is 16.3. The van der Waals surface area contributed by atoms with Crippen molar-refractivity contribution in [3.8, 4) is 12.0 Å². The molecule has 0 radical (unpaired) electrons. The Kier molecular flexibility index (Phi) is 4.77. The van der Waals surface area contributed by atoms with Crippen molar-refractivity contribution in [2.24, 2.45) is 0 Å². The first-order valence-electron chi connectivity index (χ1n) is 6.22. The van der Waals surface area contributed by atoms with E-state index in [1.54, 1.807) is 7.05 Å². The van der Waals surface area contributed by atoms with Crippen molar-refractivity contribution in [3.63, 3.8) is 0 Å². The molecule has 0 aliphatic heterocycles. The molecule has 0 bridgehead atoms. The van der Waals surface area contributed by atoms with Crippen molar-refractivity contribution in [2.75, 3.05) is 25.6 Å². The van der Waals surface area contributed by atoms with E-state index in [2.05, 4.69) is 30.4 Å². The molecule has 0 atom stereocenters. The second kappa shape index (κ2) is 6.75. The smallest absolute Gasteiger partial charge is 0.323 e. The fraction of sp³-hybridized carbons (Fsp3) is 0.545. The zero-order chi connectivity index (χ0) is 14.4. The Labute approximate surface area is 116 Å². The van der Waals surface area contributed by atoms with Crippen LogP contribution in [0.25, 0.3) is 5.95 Å². The lowest BCUT2D eigenvalue weighted by Crippen LogP contribution is -2.14. The summed E-state index contributed by atoms with van der Waals surface area (Å²) in [6, 6.07) is 0.210. The van der Waals surface area contributed by atoms with Gasteiger partial charge in [-0.2, -0.15) is 24.7 Å². The molecule has 2 aromatic heterocycles. The summed E-state index contributed by atoms with van der Waals surface area (Å²) in [6.07, 6.45) is 3.07. The van der Waals surface area contributed by atoms with Crippen LogP contribution in [0.2, 0.25) is 0 Å². The van der Waals surface area contributed by atoms with Crippen LogP contribution in [0.15, 0.2) is 12.7 Å². The summed E-state index contributed by atoms with van der Waals surface area (Å²) in [5.74, 6) is 0.729. The molecule has 2 heterocycles. The highest BCUT2D eigenvalue weighted by Crippen LogP contribution is 2.09. The fourth-order valence-electron chi connectivity index (χ4n) is 1.35. The van der Waals surface area contributed by atoms with Gasteiger partial charge in [0.2, 0.25) is 5.95 Å². The van der Waals surface area contributed by atoms with E-state index < -0.39 is 0 Å². The largest absolute Gasteiger partial charge is 0.461 e. The van der Waals surface area contributed by atoms with Crippen molar-refractivity contribution >= 4 is 5.95 Å². The van der Waals surface area contributed by atoms with Gasteiger partial charge in [-0.15, -0.1) is 0 Å². The van der Waals surface area contributed by atoms with Crippen LogP contribution in [0.1, 0.15) is 13.8 Å². The average Bonchev–Trinajstić information content (AvgIpc) is 2.97. The minimum atomic E-state index is 0.163. The number of nitrogens with one attached hydrogen (secondary N) is 1. The highest BCUT2D eigenvalue weighted by molar-refractivity contribution is 5.28. The molecule has 9 nitrogen and oxygen atoms in total. The normalized spacial score (nSPS) is 10.8. The van der Waals surface area contributed by atoms with Gasteiger partial charge in [-0.25, -0.2) is 4.98 Å². The predicted molar refractivity (Wildman–Crippen MR) is 70.9 cm³/mol. The van der Waals surface area contributed by atoms with E-state index in [9.17, 15) is 0 Å². The number of hydrogen-bond donors (Lipinski definition) is 1. The van der Waals surface area contributed by atoms with Crippen molar-refractivity contribution in [1.29, 1.82) is 0 Å². The van der Waals surface area contributed by atoms with Gasteiger partial charge >= 0.3 is 6.01 Å². The molecule has 0 saturated carbocycles. The molecular formula is C11H17N7O2. The molecular weight excluding hydrogens is 262 g/mol. The number of anilines is 1. The molecule has 0 aliphatic rings. The molecule has 2 rings (SSSR count). The molecule has 0 saturated heterocycles. The summed E-state index contributed by atoms with van der Waals surface area (Å²) in [6.45, 7) is 4.76. The zero-order valence-electron chi connectivity index (χ0n) is 11.6. The van der Waals surface area contributed by atoms with Gasteiger partial charge in [-0.1, -0.05) is 0 Å². The third-order valence-electron chi connectivity index (χ3n) is 2.22. The van der Waals surface area contributed by atoms with Gasteiger partial charge in [0.15, 0.2) is 0 Å². The van der Waals surface area contributed by atoms with E-state index in [0.29, 0.717) is 25.1 Å². The Morgan fingerprint density at radius 2 is 2.10 bits per heavy atom. The average molecular weight is 279 g/mol. The van der Waals surface area contributed by atoms with E-state index in [1.807, 2.05) is 13.8 Å². The molecule has 0 unspecified atom stereocenters. The monoisotopic (exact) mass is 279 g/mol. The summed E-state index contributed by atoms with van der Waals surface area (Å²) < 4.78 is 12.3. The van der Waals surface area contributed by atoms with Crippen molar-refractivity contribution < 1.29 is 9.47 Å². The second-order valence-corrected chi connectivity index (χ2v) is 4.10. The van der Waals surface area contributed by atoms with Gasteiger partial charge in [0.1, 0.15) is 19.3 Å². The predicted octanol–water partition coefficient (Wildman–Crippen LogP) is 0.298. The Balaban J connectivity index is 2.06. The van der Waals surface area contributed by atoms with E-state index in [0.717, 1.165) is 0 Å². The maximum atomic E-state index is 5.45. The van der Waals surface area contributed by atoms with Crippen LogP contribution in [0.3, 0.4) is 0 Å². The maximum Gasteiger partial charge on any atom is 0.323 e. The first-order chi connectivity index (χ1) is 9.69. The highest BCUT2D eigenvalue weighted by Gasteiger charge is 2.09. The van der Waals surface area contributed by atoms with Crippen molar-refractivity contribution in [3.05, 3.63) is 12.7 Å². The van der Waals surface area contributed by atoms with Gasteiger partial charge in [0.25, 0.3) is 5.95 Å². The molecule has 0 spiro atoms. The molecule has 2 aromatic rings. The van der Waals surface area contributed by atoms with Crippen LogP contribution < -0.4 is 10.1 Å². The Bertz CT molecular complexity index is 530. The molecule has 108 valence electrons. The van der Waals surface area contributed by atoms with E-state index in [1.165, 1.54) is 17.3 Å². The van der Waals surface area contributed by atoms with Gasteiger partial charge in [-0.05, 0) is 13.8 Å². The molecule has 1 N–H and O–H groups in total. The number of ether oxygens (including phenoxy) is 2. The van der Waals surface area contributed by atoms with E-state index >= 15 is 0 Å². The first kappa shape index (κ1) is 14.1. The Morgan fingerprint density at radius 3 is 2.75 bits per heavy atom. The van der Waals surface area contributed by atoms with Crippen LogP contribution in [-0.2, 0) is 4.74 Å². The van der Waals surface area contributed by atoms with Gasteiger partial charge < -0.3 is 14.8 Å². The summed E-state index contributed by atoms with van der Waals surface area (Å²) in [7, 11) is 1.71. The summed E-state index contributed by atoms with van der Waals surface area (Å²) in [5.41, 5.74) is 0. The Morgan fingerprint density at radius 1 is 1.25 bits per heavy atom. The minimum absolute atomic E-state index is 0.163. The van der Waals surface area contributed by atoms with Gasteiger partial charge in [-0.3, -0.25) is 0 Å². The third kappa shape index (κ3) is 3.85. The number of rotatable bonds is 7. The van der Waals surface area contributed by atoms with Crippen LogP contribution in [-0.4, -0.2) is 56.1 Å². The van der Waals surface area contributed by atoms with Gasteiger partial charge in [0, 0.05) is 7.05 Å². The lowest BCUT2D eigenvalue weighted by molar-refractivity contribution is 0.0531. The molecule has 0 fully saturated rings. The standard InChI is InChI=1S/C11H17N7O2/c1-8(2)19-4-5-20-11-16-9(12-3)15-10(17-11)18-7-13-6-14-18/h6-8H,4-5H2,1-3H3,(H,12,15,16,17).